The van der Waals surface area contributed by atoms with Crippen molar-refractivity contribution < 1.29 is 31.4 Å². The van der Waals surface area contributed by atoms with Crippen molar-refractivity contribution in [3.05, 3.63) is 54.0 Å². The van der Waals surface area contributed by atoms with Crippen LogP contribution in [0, 0.1) is 0 Å². The van der Waals surface area contributed by atoms with E-state index >= 15 is 0 Å². The molecule has 0 aliphatic rings. The van der Waals surface area contributed by atoms with Crippen LogP contribution < -0.4 is 10.9 Å². The summed E-state index contributed by atoms with van der Waals surface area (Å²) in [5.41, 5.74) is 5.07. The summed E-state index contributed by atoms with van der Waals surface area (Å²) < 4.78 is 5.05. The van der Waals surface area contributed by atoms with Crippen molar-refractivity contribution in [2.24, 2.45) is 0 Å². The predicted molar refractivity (Wildman–Crippen MR) is 69.1 cm³/mol. The zero-order valence-corrected chi connectivity index (χ0v) is 11.3. The maximum atomic E-state index is 11.7. The molecule has 1 aromatic carbocycles. The minimum absolute atomic E-state index is 0. The molecule has 1 heterocycles. The van der Waals surface area contributed by atoms with Crippen LogP contribution in [0.5, 0.6) is 5.75 Å². The minimum atomic E-state index is -0.484. The molecule has 2 aromatic rings. The second kappa shape index (κ2) is 6.94. The summed E-state index contributed by atoms with van der Waals surface area (Å²) >= 11 is 4.99. The molecule has 3 N–H and O–H groups in total. The Bertz CT molecular complexity index is 572. The van der Waals surface area contributed by atoms with Gasteiger partial charge in [0.1, 0.15) is 5.75 Å². The van der Waals surface area contributed by atoms with E-state index in [1.165, 1.54) is 18.4 Å². The Hall–Kier alpha value is -1.82. The van der Waals surface area contributed by atoms with Crippen LogP contribution in [0.15, 0.2) is 47.1 Å². The number of aromatic hydroxyl groups is 1. The second-order valence-corrected chi connectivity index (χ2v) is 3.81. The van der Waals surface area contributed by atoms with E-state index in [9.17, 15) is 9.90 Å². The molecule has 101 valence electrons. The van der Waals surface area contributed by atoms with Crippen molar-refractivity contribution in [1.82, 2.24) is 10.9 Å². The van der Waals surface area contributed by atoms with Crippen molar-refractivity contribution in [2.75, 3.05) is 0 Å². The average Bonchev–Trinajstić information content (AvgIpc) is 2.90. The van der Waals surface area contributed by atoms with Crippen LogP contribution in [-0.4, -0.2) is 16.0 Å². The molecule has 0 aliphatic heterocycles. The zero-order valence-electron chi connectivity index (χ0n) is 9.51. The largest absolute Gasteiger partial charge is 2.00 e. The average molecular weight is 326 g/mol. The Morgan fingerprint density at radius 1 is 1.16 bits per heavy atom. The Morgan fingerprint density at radius 3 is 2.53 bits per heavy atom. The van der Waals surface area contributed by atoms with E-state index in [2.05, 4.69) is 10.9 Å². The van der Waals surface area contributed by atoms with Crippen LogP contribution in [0.1, 0.15) is 16.1 Å². The van der Waals surface area contributed by atoms with Crippen LogP contribution in [0.4, 0.5) is 0 Å². The SMILES string of the molecule is O=C(NNC(=S)c1ccco1)c1ccccc1O.[Cu+2]. The summed E-state index contributed by atoms with van der Waals surface area (Å²) in [6, 6.07) is 9.57. The Labute approximate surface area is 125 Å². The van der Waals surface area contributed by atoms with Crippen LogP contribution in [0.2, 0.25) is 0 Å². The third-order valence-electron chi connectivity index (χ3n) is 2.18. The van der Waals surface area contributed by atoms with Gasteiger partial charge in [-0.1, -0.05) is 24.4 Å². The van der Waals surface area contributed by atoms with E-state index in [0.29, 0.717) is 5.76 Å². The van der Waals surface area contributed by atoms with Crippen molar-refractivity contribution in [2.45, 2.75) is 0 Å². The van der Waals surface area contributed by atoms with Gasteiger partial charge in [0.25, 0.3) is 5.91 Å². The van der Waals surface area contributed by atoms with Gasteiger partial charge >= 0.3 is 17.1 Å². The molecule has 0 unspecified atom stereocenters. The van der Waals surface area contributed by atoms with Crippen LogP contribution in [0.25, 0.3) is 0 Å². The predicted octanol–water partition coefficient (Wildman–Crippen LogP) is 1.59. The standard InChI is InChI=1S/C12H10N2O3S.Cu/c15-9-5-2-1-4-8(9)11(16)13-14-12(18)10-6-3-7-17-10;/h1-7,15H,(H,13,16)(H,14,18);/q;+2. The number of rotatable bonds is 2. The summed E-state index contributed by atoms with van der Waals surface area (Å²) in [6.45, 7) is 0. The van der Waals surface area contributed by atoms with Gasteiger partial charge in [0, 0.05) is 0 Å². The van der Waals surface area contributed by atoms with Gasteiger partial charge in [-0.2, -0.15) is 0 Å². The van der Waals surface area contributed by atoms with Gasteiger partial charge in [0.2, 0.25) is 0 Å². The van der Waals surface area contributed by atoms with Crippen LogP contribution >= 0.6 is 12.2 Å². The number of amides is 1. The maximum Gasteiger partial charge on any atom is 2.00 e. The maximum absolute atomic E-state index is 11.7. The molecule has 1 amide bonds. The number of furan rings is 1. The van der Waals surface area contributed by atoms with Crippen molar-refractivity contribution in [1.29, 1.82) is 0 Å². The first-order chi connectivity index (χ1) is 8.68. The van der Waals surface area contributed by atoms with Gasteiger partial charge in [0.05, 0.1) is 11.8 Å². The first-order valence-electron chi connectivity index (χ1n) is 5.10. The van der Waals surface area contributed by atoms with Crippen LogP contribution in [-0.2, 0) is 17.1 Å². The fraction of sp³-hybridized carbons (Fsp3) is 0. The summed E-state index contributed by atoms with van der Waals surface area (Å²) in [6.07, 6.45) is 1.48. The molecular weight excluding hydrogens is 316 g/mol. The number of para-hydroxylation sites is 1. The van der Waals surface area contributed by atoms with E-state index in [1.807, 2.05) is 0 Å². The van der Waals surface area contributed by atoms with Crippen molar-refractivity contribution in [3.63, 3.8) is 0 Å². The summed E-state index contributed by atoms with van der Waals surface area (Å²) in [5.74, 6) is -0.134. The summed E-state index contributed by atoms with van der Waals surface area (Å²) in [5, 5.41) is 9.49. The molecule has 7 heteroatoms. The van der Waals surface area contributed by atoms with E-state index < -0.39 is 5.91 Å². The van der Waals surface area contributed by atoms with E-state index in [1.54, 1.807) is 24.3 Å². The van der Waals surface area contributed by atoms with Gasteiger partial charge < -0.3 is 9.52 Å². The number of nitrogens with one attached hydrogen (secondary N) is 2. The van der Waals surface area contributed by atoms with E-state index in [4.69, 9.17) is 16.6 Å². The van der Waals surface area contributed by atoms with Gasteiger partial charge in [0.15, 0.2) is 10.7 Å². The molecule has 0 aliphatic carbocycles. The van der Waals surface area contributed by atoms with Gasteiger partial charge in [-0.05, 0) is 24.3 Å². The fourth-order valence-electron chi connectivity index (χ4n) is 1.32. The number of thiocarbonyl (C=S) groups is 1. The molecule has 0 spiro atoms. The number of benzene rings is 1. The smallest absolute Gasteiger partial charge is 0.507 e. The second-order valence-electron chi connectivity index (χ2n) is 3.40. The third-order valence-corrected chi connectivity index (χ3v) is 2.49. The minimum Gasteiger partial charge on any atom is -0.507 e. The summed E-state index contributed by atoms with van der Waals surface area (Å²) in [7, 11) is 0. The molecule has 1 radical (unpaired) electrons. The van der Waals surface area contributed by atoms with Crippen LogP contribution in [0.3, 0.4) is 0 Å². The Morgan fingerprint density at radius 2 is 1.89 bits per heavy atom. The number of phenolic OH excluding ortho intramolecular Hbond substituents is 1. The molecule has 5 nitrogen and oxygen atoms in total. The number of carbonyl (C=O) groups excluding carboxylic acids is 1. The fourth-order valence-corrected chi connectivity index (χ4v) is 1.48. The molecule has 0 atom stereocenters. The third kappa shape index (κ3) is 3.82. The molecule has 19 heavy (non-hydrogen) atoms. The first-order valence-corrected chi connectivity index (χ1v) is 5.51. The number of hydrazine groups is 1. The number of hydrogen-bond donors (Lipinski definition) is 3. The van der Waals surface area contributed by atoms with Crippen molar-refractivity contribution in [3.8, 4) is 5.75 Å². The van der Waals surface area contributed by atoms with Crippen molar-refractivity contribution >= 4 is 23.1 Å². The number of phenols is 1. The quantitative estimate of drug-likeness (QED) is 0.444. The van der Waals surface area contributed by atoms with E-state index in [0.717, 1.165) is 0 Å². The molecule has 2 rings (SSSR count). The Balaban J connectivity index is 0.00000180. The first kappa shape index (κ1) is 15.2. The molecule has 0 bridgehead atoms. The molecule has 1 aromatic heterocycles. The normalized spacial score (nSPS) is 9.26. The molecule has 0 fully saturated rings. The zero-order chi connectivity index (χ0) is 13.0. The topological polar surface area (TPSA) is 74.5 Å². The Kier molecular flexibility index (Phi) is 5.56. The van der Waals surface area contributed by atoms with Gasteiger partial charge in [-0.15, -0.1) is 0 Å². The number of hydrogen-bond acceptors (Lipinski definition) is 4. The van der Waals surface area contributed by atoms with Gasteiger partial charge in [-0.25, -0.2) is 0 Å². The molecular formula is C12H10CuN2O3S+2. The van der Waals surface area contributed by atoms with Gasteiger partial charge in [-0.3, -0.25) is 15.6 Å². The molecule has 0 saturated heterocycles. The van der Waals surface area contributed by atoms with E-state index in [-0.39, 0.29) is 33.4 Å². The monoisotopic (exact) mass is 325 g/mol. The molecule has 0 saturated carbocycles. The number of carbonyl (C=O) groups is 1. The summed E-state index contributed by atoms with van der Waals surface area (Å²) in [4.78, 5) is 12.0.